The minimum absolute atomic E-state index is 0.00140. The molecule has 0 atom stereocenters. The molecule has 20 heavy (non-hydrogen) atoms. The van der Waals surface area contributed by atoms with Gasteiger partial charge in [0, 0.05) is 13.0 Å². The summed E-state index contributed by atoms with van der Waals surface area (Å²) >= 11 is 0. The van der Waals surface area contributed by atoms with Crippen LogP contribution in [0.1, 0.15) is 43.2 Å². The highest BCUT2D eigenvalue weighted by Gasteiger charge is 2.16. The third-order valence-electron chi connectivity index (χ3n) is 3.65. The van der Waals surface area contributed by atoms with Gasteiger partial charge in [0.25, 0.3) is 0 Å². The fourth-order valence-electron chi connectivity index (χ4n) is 2.19. The van der Waals surface area contributed by atoms with Gasteiger partial charge >= 0.3 is 0 Å². The second kappa shape index (κ2) is 8.04. The number of benzene rings is 1. The van der Waals surface area contributed by atoms with E-state index in [0.717, 1.165) is 24.5 Å². The zero-order valence-electron chi connectivity index (χ0n) is 11.7. The number of hydrogen-bond acceptors (Lipinski definition) is 2. The van der Waals surface area contributed by atoms with E-state index >= 15 is 0 Å². The summed E-state index contributed by atoms with van der Waals surface area (Å²) in [5.74, 6) is 6.00. The van der Waals surface area contributed by atoms with Crippen LogP contribution in [0.4, 0.5) is 4.39 Å². The number of ether oxygens (including phenoxy) is 1. The Morgan fingerprint density at radius 1 is 1.35 bits per heavy atom. The molecule has 0 heterocycles. The molecule has 2 rings (SSSR count). The first-order valence-corrected chi connectivity index (χ1v) is 7.25. The highest BCUT2D eigenvalue weighted by molar-refractivity contribution is 5.38. The van der Waals surface area contributed by atoms with E-state index in [1.807, 2.05) is 0 Å². The van der Waals surface area contributed by atoms with Gasteiger partial charge in [-0.25, -0.2) is 4.39 Å². The number of halogens is 1. The summed E-state index contributed by atoms with van der Waals surface area (Å²) in [7, 11) is 0. The topological polar surface area (TPSA) is 29.5 Å². The molecular formula is C17H21FO2. The van der Waals surface area contributed by atoms with Crippen molar-refractivity contribution in [3.05, 3.63) is 35.1 Å². The van der Waals surface area contributed by atoms with Gasteiger partial charge in [-0.2, -0.15) is 0 Å². The molecule has 1 aliphatic rings. The Morgan fingerprint density at radius 2 is 2.20 bits per heavy atom. The monoisotopic (exact) mass is 276 g/mol. The maximum absolute atomic E-state index is 13.5. The molecule has 1 fully saturated rings. The van der Waals surface area contributed by atoms with Crippen molar-refractivity contribution in [2.45, 2.75) is 38.7 Å². The number of hydrogen-bond donors (Lipinski definition) is 1. The van der Waals surface area contributed by atoms with Crippen molar-refractivity contribution in [3.63, 3.8) is 0 Å². The van der Waals surface area contributed by atoms with Crippen LogP contribution < -0.4 is 0 Å². The Bertz CT molecular complexity index is 483. The van der Waals surface area contributed by atoms with Gasteiger partial charge < -0.3 is 9.84 Å². The third kappa shape index (κ3) is 4.63. The van der Waals surface area contributed by atoms with Gasteiger partial charge in [0.1, 0.15) is 5.82 Å². The Hall–Kier alpha value is -1.37. The Kier molecular flexibility index (Phi) is 6.04. The average Bonchev–Trinajstić information content (AvgIpc) is 2.40. The molecule has 0 aliphatic heterocycles. The molecule has 0 bridgehead atoms. The Balaban J connectivity index is 1.81. The molecule has 0 amide bonds. The van der Waals surface area contributed by atoms with Crippen molar-refractivity contribution in [1.29, 1.82) is 0 Å². The minimum atomic E-state index is -0.325. The van der Waals surface area contributed by atoms with Crippen LogP contribution in [0, 0.1) is 23.6 Å². The van der Waals surface area contributed by atoms with E-state index in [1.54, 1.807) is 12.1 Å². The van der Waals surface area contributed by atoms with E-state index in [4.69, 9.17) is 9.84 Å². The molecule has 1 N–H and O–H groups in total. The molecule has 0 spiro atoms. The van der Waals surface area contributed by atoms with Crippen molar-refractivity contribution in [1.82, 2.24) is 0 Å². The van der Waals surface area contributed by atoms with Crippen LogP contribution in [-0.4, -0.2) is 18.3 Å². The number of rotatable bonds is 6. The first kappa shape index (κ1) is 15.0. The standard InChI is InChI=1S/C17H21FO2/c18-17-8-7-15(12-16(17)6-1-2-10-19)13-20-11-9-14-4-3-5-14/h7-8,12,14,19H,2-5,9-11,13H2. The summed E-state index contributed by atoms with van der Waals surface area (Å²) in [5, 5.41) is 8.67. The van der Waals surface area contributed by atoms with E-state index in [2.05, 4.69) is 11.8 Å². The normalized spacial score (nSPS) is 14.5. The van der Waals surface area contributed by atoms with Crippen LogP contribution in [0.15, 0.2) is 18.2 Å². The summed E-state index contributed by atoms with van der Waals surface area (Å²) in [6.45, 7) is 1.27. The molecule has 0 unspecified atom stereocenters. The molecular weight excluding hydrogens is 255 g/mol. The fraction of sp³-hybridized carbons (Fsp3) is 0.529. The van der Waals surface area contributed by atoms with Crippen molar-refractivity contribution >= 4 is 0 Å². The average molecular weight is 276 g/mol. The van der Waals surface area contributed by atoms with Gasteiger partial charge in [0.2, 0.25) is 0 Å². The molecule has 1 saturated carbocycles. The highest BCUT2D eigenvalue weighted by atomic mass is 19.1. The SMILES string of the molecule is OCCC#Cc1cc(COCCC2CCC2)ccc1F. The zero-order chi connectivity index (χ0) is 14.2. The summed E-state index contributed by atoms with van der Waals surface area (Å²) in [6, 6.07) is 4.88. The molecule has 3 heteroatoms. The van der Waals surface area contributed by atoms with Gasteiger partial charge in [-0.3, -0.25) is 0 Å². The first-order valence-electron chi connectivity index (χ1n) is 7.25. The van der Waals surface area contributed by atoms with Crippen LogP contribution >= 0.6 is 0 Å². The third-order valence-corrected chi connectivity index (χ3v) is 3.65. The maximum Gasteiger partial charge on any atom is 0.138 e. The molecule has 0 saturated heterocycles. The van der Waals surface area contributed by atoms with Gasteiger partial charge in [-0.1, -0.05) is 37.2 Å². The van der Waals surface area contributed by atoms with Crippen molar-refractivity contribution in [2.24, 2.45) is 5.92 Å². The predicted octanol–water partition coefficient (Wildman–Crippen LogP) is 3.27. The molecule has 1 aromatic carbocycles. The molecule has 108 valence electrons. The van der Waals surface area contributed by atoms with E-state index in [-0.39, 0.29) is 12.4 Å². The molecule has 1 aliphatic carbocycles. The summed E-state index contributed by atoms with van der Waals surface area (Å²) < 4.78 is 19.2. The zero-order valence-corrected chi connectivity index (χ0v) is 11.7. The van der Waals surface area contributed by atoms with Gasteiger partial charge in [-0.15, -0.1) is 0 Å². The van der Waals surface area contributed by atoms with E-state index in [0.29, 0.717) is 18.6 Å². The summed E-state index contributed by atoms with van der Waals surface area (Å²) in [5.41, 5.74) is 1.31. The van der Waals surface area contributed by atoms with Gasteiger partial charge in [-0.05, 0) is 30.0 Å². The fourth-order valence-corrected chi connectivity index (χ4v) is 2.19. The van der Waals surface area contributed by atoms with Crippen LogP contribution in [0.3, 0.4) is 0 Å². The van der Waals surface area contributed by atoms with Crippen molar-refractivity contribution in [3.8, 4) is 11.8 Å². The van der Waals surface area contributed by atoms with E-state index in [1.165, 1.54) is 25.3 Å². The maximum atomic E-state index is 13.5. The largest absolute Gasteiger partial charge is 0.395 e. The Labute approximate surface area is 120 Å². The molecule has 0 radical (unpaired) electrons. The van der Waals surface area contributed by atoms with Gasteiger partial charge in [0.15, 0.2) is 0 Å². The highest BCUT2D eigenvalue weighted by Crippen LogP contribution is 2.29. The lowest BCUT2D eigenvalue weighted by molar-refractivity contribution is 0.0949. The first-order chi connectivity index (χ1) is 9.79. The molecule has 1 aromatic rings. The summed E-state index contributed by atoms with van der Waals surface area (Å²) in [6.07, 6.45) is 5.53. The lowest BCUT2D eigenvalue weighted by Gasteiger charge is -2.24. The minimum Gasteiger partial charge on any atom is -0.395 e. The Morgan fingerprint density at radius 3 is 2.90 bits per heavy atom. The van der Waals surface area contributed by atoms with Gasteiger partial charge in [0.05, 0.1) is 18.8 Å². The number of aliphatic hydroxyl groups excluding tert-OH is 1. The quantitative estimate of drug-likeness (QED) is 0.638. The van der Waals surface area contributed by atoms with Crippen LogP contribution in [-0.2, 0) is 11.3 Å². The lowest BCUT2D eigenvalue weighted by atomic mass is 9.83. The van der Waals surface area contributed by atoms with E-state index < -0.39 is 0 Å². The van der Waals surface area contributed by atoms with Crippen molar-refractivity contribution in [2.75, 3.05) is 13.2 Å². The second-order valence-corrected chi connectivity index (χ2v) is 5.23. The number of aliphatic hydroxyl groups is 1. The smallest absolute Gasteiger partial charge is 0.138 e. The van der Waals surface area contributed by atoms with Crippen LogP contribution in [0.2, 0.25) is 0 Å². The molecule has 0 aromatic heterocycles. The van der Waals surface area contributed by atoms with E-state index in [9.17, 15) is 4.39 Å². The van der Waals surface area contributed by atoms with Crippen molar-refractivity contribution < 1.29 is 14.2 Å². The lowest BCUT2D eigenvalue weighted by Crippen LogP contribution is -2.13. The van der Waals surface area contributed by atoms with Crippen LogP contribution in [0.5, 0.6) is 0 Å². The summed E-state index contributed by atoms with van der Waals surface area (Å²) in [4.78, 5) is 0. The van der Waals surface area contributed by atoms with Crippen LogP contribution in [0.25, 0.3) is 0 Å². The predicted molar refractivity (Wildman–Crippen MR) is 76.6 cm³/mol. The molecule has 2 nitrogen and oxygen atoms in total. The second-order valence-electron chi connectivity index (χ2n) is 5.23.